The van der Waals surface area contributed by atoms with Gasteiger partial charge in [-0.25, -0.2) is 0 Å². The van der Waals surface area contributed by atoms with E-state index < -0.39 is 0 Å². The summed E-state index contributed by atoms with van der Waals surface area (Å²) in [5.41, 5.74) is 0. The Morgan fingerprint density at radius 2 is 2.08 bits per heavy atom. The minimum Gasteiger partial charge on any atom is -0.313 e. The molecule has 1 saturated carbocycles. The molecule has 2 nitrogen and oxygen atoms in total. The highest BCUT2D eigenvalue weighted by molar-refractivity contribution is 4.83. The minimum absolute atomic E-state index is 0.883. The Kier molecular flexibility index (Phi) is 2.66. The molecule has 0 aromatic rings. The molecule has 70 valence electrons. The van der Waals surface area contributed by atoms with Crippen molar-refractivity contribution >= 4 is 0 Å². The number of rotatable bonds is 5. The molecule has 2 aliphatic rings. The number of hydrogen-bond donors (Lipinski definition) is 1. The second-order valence-corrected chi connectivity index (χ2v) is 4.26. The van der Waals surface area contributed by atoms with Gasteiger partial charge in [0, 0.05) is 32.2 Å². The van der Waals surface area contributed by atoms with Crippen LogP contribution in [0, 0.1) is 5.92 Å². The average molecular weight is 168 g/mol. The molecule has 2 fully saturated rings. The standard InChI is InChI=1S/C10H20N2/c1-2-9-7-12(8-9)6-5-11-10-3-4-10/h9-11H,2-8H2,1H3. The summed E-state index contributed by atoms with van der Waals surface area (Å²) in [7, 11) is 0. The fourth-order valence-corrected chi connectivity index (χ4v) is 1.83. The normalized spacial score (nSPS) is 25.8. The molecule has 0 aromatic heterocycles. The predicted molar refractivity (Wildman–Crippen MR) is 51.2 cm³/mol. The lowest BCUT2D eigenvalue weighted by atomic mass is 9.98. The van der Waals surface area contributed by atoms with Gasteiger partial charge in [-0.05, 0) is 18.8 Å². The molecule has 2 heteroatoms. The summed E-state index contributed by atoms with van der Waals surface area (Å²) in [5, 5.41) is 3.55. The molecule has 0 radical (unpaired) electrons. The monoisotopic (exact) mass is 168 g/mol. The third-order valence-corrected chi connectivity index (χ3v) is 3.05. The summed E-state index contributed by atoms with van der Waals surface area (Å²) in [6.45, 7) is 7.48. The van der Waals surface area contributed by atoms with Gasteiger partial charge in [0.1, 0.15) is 0 Å². The zero-order valence-corrected chi connectivity index (χ0v) is 8.05. The molecule has 0 atom stereocenters. The summed E-state index contributed by atoms with van der Waals surface area (Å²) in [6.07, 6.45) is 4.20. The molecule has 0 spiro atoms. The van der Waals surface area contributed by atoms with Crippen molar-refractivity contribution < 1.29 is 0 Å². The lowest BCUT2D eigenvalue weighted by Crippen LogP contribution is -2.48. The quantitative estimate of drug-likeness (QED) is 0.661. The summed E-state index contributed by atoms with van der Waals surface area (Å²) in [4.78, 5) is 2.56. The summed E-state index contributed by atoms with van der Waals surface area (Å²) in [6, 6.07) is 0.883. The highest BCUT2D eigenvalue weighted by atomic mass is 15.2. The van der Waals surface area contributed by atoms with Crippen molar-refractivity contribution in [2.24, 2.45) is 5.92 Å². The van der Waals surface area contributed by atoms with Crippen LogP contribution in [0.5, 0.6) is 0 Å². The van der Waals surface area contributed by atoms with Crippen molar-refractivity contribution in [2.45, 2.75) is 32.2 Å². The molecule has 0 unspecified atom stereocenters. The maximum absolute atomic E-state index is 3.55. The maximum atomic E-state index is 3.55. The van der Waals surface area contributed by atoms with Crippen LogP contribution in [0.15, 0.2) is 0 Å². The molecule has 1 aliphatic heterocycles. The largest absolute Gasteiger partial charge is 0.313 e. The Hall–Kier alpha value is -0.0800. The van der Waals surface area contributed by atoms with E-state index in [2.05, 4.69) is 17.1 Å². The zero-order valence-electron chi connectivity index (χ0n) is 8.05. The highest BCUT2D eigenvalue weighted by Gasteiger charge is 2.25. The van der Waals surface area contributed by atoms with Crippen molar-refractivity contribution in [1.29, 1.82) is 0 Å². The first-order chi connectivity index (χ1) is 5.88. The SMILES string of the molecule is CCC1CN(CCNC2CC2)C1. The van der Waals surface area contributed by atoms with Crippen molar-refractivity contribution in [3.63, 3.8) is 0 Å². The second kappa shape index (κ2) is 3.75. The van der Waals surface area contributed by atoms with Crippen LogP contribution in [-0.4, -0.2) is 37.1 Å². The van der Waals surface area contributed by atoms with E-state index in [1.54, 1.807) is 0 Å². The number of hydrogen-bond acceptors (Lipinski definition) is 2. The Morgan fingerprint density at radius 3 is 2.67 bits per heavy atom. The van der Waals surface area contributed by atoms with Gasteiger partial charge in [0.05, 0.1) is 0 Å². The van der Waals surface area contributed by atoms with E-state index in [1.165, 1.54) is 45.4 Å². The summed E-state index contributed by atoms with van der Waals surface area (Å²) in [5.74, 6) is 1.01. The molecule has 0 bridgehead atoms. The lowest BCUT2D eigenvalue weighted by molar-refractivity contribution is 0.0989. The van der Waals surface area contributed by atoms with Gasteiger partial charge in [-0.1, -0.05) is 13.3 Å². The Morgan fingerprint density at radius 1 is 1.33 bits per heavy atom. The highest BCUT2D eigenvalue weighted by Crippen LogP contribution is 2.19. The Bertz CT molecular complexity index is 137. The minimum atomic E-state index is 0.883. The first-order valence-corrected chi connectivity index (χ1v) is 5.34. The van der Waals surface area contributed by atoms with Gasteiger partial charge in [0.15, 0.2) is 0 Å². The lowest BCUT2D eigenvalue weighted by Gasteiger charge is -2.38. The van der Waals surface area contributed by atoms with Crippen LogP contribution in [-0.2, 0) is 0 Å². The number of nitrogens with one attached hydrogen (secondary N) is 1. The van der Waals surface area contributed by atoms with E-state index in [0.717, 1.165) is 12.0 Å². The van der Waals surface area contributed by atoms with E-state index >= 15 is 0 Å². The smallest absolute Gasteiger partial charge is 0.0107 e. The molecule has 1 N–H and O–H groups in total. The van der Waals surface area contributed by atoms with Crippen LogP contribution < -0.4 is 5.32 Å². The predicted octanol–water partition coefficient (Wildman–Crippen LogP) is 1.08. The summed E-state index contributed by atoms with van der Waals surface area (Å²) >= 11 is 0. The van der Waals surface area contributed by atoms with Gasteiger partial charge in [-0.2, -0.15) is 0 Å². The molecule has 2 rings (SSSR count). The van der Waals surface area contributed by atoms with E-state index in [1.807, 2.05) is 0 Å². The average Bonchev–Trinajstić information content (AvgIpc) is 2.77. The molecule has 0 amide bonds. The summed E-state index contributed by atoms with van der Waals surface area (Å²) < 4.78 is 0. The zero-order chi connectivity index (χ0) is 8.39. The molecule has 1 saturated heterocycles. The van der Waals surface area contributed by atoms with Gasteiger partial charge in [-0.3, -0.25) is 0 Å². The first kappa shape index (κ1) is 8.52. The van der Waals surface area contributed by atoms with Crippen LogP contribution in [0.2, 0.25) is 0 Å². The molecular weight excluding hydrogens is 148 g/mol. The van der Waals surface area contributed by atoms with Crippen LogP contribution in [0.25, 0.3) is 0 Å². The number of likely N-dealkylation sites (tertiary alicyclic amines) is 1. The third kappa shape index (κ3) is 2.20. The molecule has 1 aliphatic carbocycles. The third-order valence-electron chi connectivity index (χ3n) is 3.05. The first-order valence-electron chi connectivity index (χ1n) is 5.34. The fourth-order valence-electron chi connectivity index (χ4n) is 1.83. The van der Waals surface area contributed by atoms with Crippen molar-refractivity contribution in [3.05, 3.63) is 0 Å². The molecule has 1 heterocycles. The van der Waals surface area contributed by atoms with Gasteiger partial charge >= 0.3 is 0 Å². The Labute approximate surface area is 75.3 Å². The van der Waals surface area contributed by atoms with E-state index in [-0.39, 0.29) is 0 Å². The fraction of sp³-hybridized carbons (Fsp3) is 1.00. The van der Waals surface area contributed by atoms with Crippen LogP contribution in [0.3, 0.4) is 0 Å². The van der Waals surface area contributed by atoms with Crippen molar-refractivity contribution in [2.75, 3.05) is 26.2 Å². The topological polar surface area (TPSA) is 15.3 Å². The maximum Gasteiger partial charge on any atom is 0.0107 e. The van der Waals surface area contributed by atoms with Crippen molar-refractivity contribution in [3.8, 4) is 0 Å². The van der Waals surface area contributed by atoms with Gasteiger partial charge in [-0.15, -0.1) is 0 Å². The van der Waals surface area contributed by atoms with Gasteiger partial charge in [0.25, 0.3) is 0 Å². The van der Waals surface area contributed by atoms with Gasteiger partial charge in [0.2, 0.25) is 0 Å². The van der Waals surface area contributed by atoms with E-state index in [0.29, 0.717) is 0 Å². The second-order valence-electron chi connectivity index (χ2n) is 4.26. The number of nitrogens with zero attached hydrogens (tertiary/aromatic N) is 1. The van der Waals surface area contributed by atoms with Gasteiger partial charge < -0.3 is 10.2 Å². The molecule has 0 aromatic carbocycles. The van der Waals surface area contributed by atoms with E-state index in [4.69, 9.17) is 0 Å². The molecular formula is C10H20N2. The van der Waals surface area contributed by atoms with Crippen LogP contribution in [0.4, 0.5) is 0 Å². The van der Waals surface area contributed by atoms with Crippen molar-refractivity contribution in [1.82, 2.24) is 10.2 Å². The molecule has 12 heavy (non-hydrogen) atoms. The Balaban J connectivity index is 1.46. The van der Waals surface area contributed by atoms with Crippen LogP contribution >= 0.6 is 0 Å². The van der Waals surface area contributed by atoms with Crippen LogP contribution in [0.1, 0.15) is 26.2 Å². The van der Waals surface area contributed by atoms with E-state index in [9.17, 15) is 0 Å².